The van der Waals surface area contributed by atoms with Crippen LogP contribution in [0.2, 0.25) is 0 Å². The highest BCUT2D eigenvalue weighted by Crippen LogP contribution is 2.18. The molecule has 8 heteroatoms. The minimum atomic E-state index is 0.764. The second-order valence-electron chi connectivity index (χ2n) is 7.93. The summed E-state index contributed by atoms with van der Waals surface area (Å²) < 4.78 is 3.97. The van der Waals surface area contributed by atoms with Crippen LogP contribution in [0.1, 0.15) is 17.2 Å². The van der Waals surface area contributed by atoms with E-state index in [-0.39, 0.29) is 0 Å². The Morgan fingerprint density at radius 2 is 1.64 bits per heavy atom. The third-order valence-corrected chi connectivity index (χ3v) is 4.46. The Morgan fingerprint density at radius 1 is 0.970 bits per heavy atom. The van der Waals surface area contributed by atoms with Gasteiger partial charge in [0.15, 0.2) is 5.82 Å². The lowest BCUT2D eigenvalue weighted by Gasteiger charge is -2.13. The second kappa shape index (κ2) is 12.8. The average molecular weight is 448 g/mol. The van der Waals surface area contributed by atoms with Gasteiger partial charge < -0.3 is 25.9 Å². The first-order valence-corrected chi connectivity index (χ1v) is 10.6. The fourth-order valence-electron chi connectivity index (χ4n) is 2.84. The zero-order valence-electron chi connectivity index (χ0n) is 20.1. The molecule has 0 spiro atoms. The van der Waals surface area contributed by atoms with E-state index in [1.807, 2.05) is 105 Å². The number of nitrogens with two attached hydrogens (primary N) is 2. The van der Waals surface area contributed by atoms with Crippen LogP contribution in [-0.4, -0.2) is 63.4 Å². The van der Waals surface area contributed by atoms with E-state index in [9.17, 15) is 0 Å². The maximum atomic E-state index is 5.95. The Hall–Kier alpha value is -3.91. The number of para-hydroxylation sites is 3. The first kappa shape index (κ1) is 25.4. The van der Waals surface area contributed by atoms with Gasteiger partial charge in [0.05, 0.1) is 17.9 Å². The smallest absolute Gasteiger partial charge is 0.206 e. The van der Waals surface area contributed by atoms with Crippen LogP contribution in [0.5, 0.6) is 0 Å². The highest BCUT2D eigenvalue weighted by Gasteiger charge is 2.07. The largest absolute Gasteiger partial charge is 0.399 e. The van der Waals surface area contributed by atoms with Gasteiger partial charge in [0.25, 0.3) is 0 Å². The molecule has 0 aliphatic carbocycles. The lowest BCUT2D eigenvalue weighted by Crippen LogP contribution is -2.15. The van der Waals surface area contributed by atoms with Gasteiger partial charge in [-0.1, -0.05) is 30.3 Å². The first-order chi connectivity index (χ1) is 15.8. The quantitative estimate of drug-likeness (QED) is 0.253. The standard InChI is InChI=1S/C12H16N4.C7H9N.C6H9N3/c1-15(2)9-12-14-7-8-16(12)11-6-4-3-5-10(11)13;1-6-4-2-3-5-7(6)8;1-9(2)5-6-7-3-4-8-6/h3-8H,9,13H2,1-2H3;2-5H,8H2,1H3;3-5H,1-2H3/p+1. The number of aromatic nitrogens is 4. The van der Waals surface area contributed by atoms with Gasteiger partial charge in [0.2, 0.25) is 6.21 Å². The van der Waals surface area contributed by atoms with Crippen LogP contribution in [-0.2, 0) is 6.54 Å². The molecule has 2 aromatic heterocycles. The molecule has 33 heavy (non-hydrogen) atoms. The number of hydrogen-bond acceptors (Lipinski definition) is 5. The van der Waals surface area contributed by atoms with Crippen LogP contribution in [0.4, 0.5) is 11.4 Å². The van der Waals surface area contributed by atoms with Crippen LogP contribution in [0.15, 0.2) is 73.3 Å². The summed E-state index contributed by atoms with van der Waals surface area (Å²) in [5.41, 5.74) is 15.2. The molecule has 2 aromatic carbocycles. The summed E-state index contributed by atoms with van der Waals surface area (Å²) in [5.74, 6) is 1.88. The minimum Gasteiger partial charge on any atom is -0.399 e. The number of rotatable bonds is 4. The number of aryl methyl sites for hydroxylation is 1. The zero-order chi connectivity index (χ0) is 24.2. The van der Waals surface area contributed by atoms with Gasteiger partial charge in [-0.05, 0) is 44.8 Å². The molecule has 2 heterocycles. The van der Waals surface area contributed by atoms with Crippen LogP contribution in [0.25, 0.3) is 5.69 Å². The predicted octanol–water partition coefficient (Wildman–Crippen LogP) is 3.19. The lowest BCUT2D eigenvalue weighted by molar-refractivity contribution is -0.459. The molecule has 0 amide bonds. The number of anilines is 2. The predicted molar refractivity (Wildman–Crippen MR) is 137 cm³/mol. The molecule has 0 saturated carbocycles. The molecule has 0 saturated heterocycles. The van der Waals surface area contributed by atoms with E-state index < -0.39 is 0 Å². The number of aromatic amines is 1. The molecule has 0 aliphatic heterocycles. The van der Waals surface area contributed by atoms with Crippen molar-refractivity contribution in [2.24, 2.45) is 0 Å². The summed E-state index contributed by atoms with van der Waals surface area (Å²) in [6.07, 6.45) is 9.18. The van der Waals surface area contributed by atoms with Gasteiger partial charge in [-0.3, -0.25) is 0 Å². The van der Waals surface area contributed by atoms with E-state index in [0.717, 1.165) is 40.8 Å². The Bertz CT molecular complexity index is 1100. The molecule has 0 radical (unpaired) electrons. The fourth-order valence-corrected chi connectivity index (χ4v) is 2.84. The van der Waals surface area contributed by atoms with Crippen molar-refractivity contribution in [2.75, 3.05) is 39.7 Å². The Morgan fingerprint density at radius 3 is 2.15 bits per heavy atom. The van der Waals surface area contributed by atoms with E-state index in [2.05, 4.69) is 19.9 Å². The fraction of sp³-hybridized carbons (Fsp3) is 0.240. The third kappa shape index (κ3) is 8.62. The topological polar surface area (TPSA) is 105 Å². The molecule has 0 bridgehead atoms. The Kier molecular flexibility index (Phi) is 9.85. The van der Waals surface area contributed by atoms with Crippen molar-refractivity contribution in [2.45, 2.75) is 13.5 Å². The molecule has 4 aromatic rings. The number of nitrogens with one attached hydrogen (secondary N) is 1. The molecule has 8 nitrogen and oxygen atoms in total. The first-order valence-electron chi connectivity index (χ1n) is 10.6. The van der Waals surface area contributed by atoms with E-state index in [1.54, 1.807) is 18.6 Å². The number of imidazole rings is 2. The molecule has 4 rings (SSSR count). The van der Waals surface area contributed by atoms with E-state index >= 15 is 0 Å². The Labute approximate surface area is 196 Å². The van der Waals surface area contributed by atoms with E-state index in [1.165, 1.54) is 0 Å². The van der Waals surface area contributed by atoms with Crippen molar-refractivity contribution < 1.29 is 4.58 Å². The maximum Gasteiger partial charge on any atom is 0.206 e. The highest BCUT2D eigenvalue weighted by molar-refractivity contribution is 5.69. The zero-order valence-corrected chi connectivity index (χ0v) is 20.1. The summed E-state index contributed by atoms with van der Waals surface area (Å²) in [6, 6.07) is 15.6. The van der Waals surface area contributed by atoms with Crippen LogP contribution in [0, 0.1) is 6.92 Å². The van der Waals surface area contributed by atoms with E-state index in [0.29, 0.717) is 0 Å². The molecule has 174 valence electrons. The summed E-state index contributed by atoms with van der Waals surface area (Å²) in [4.78, 5) is 13.4. The minimum absolute atomic E-state index is 0.764. The van der Waals surface area contributed by atoms with Crippen molar-refractivity contribution in [3.05, 3.63) is 90.5 Å². The molecule has 0 aliphatic rings. The number of hydrogen-bond donors (Lipinski definition) is 3. The van der Waals surface area contributed by atoms with Crippen LogP contribution in [0.3, 0.4) is 0 Å². The molecule has 0 fully saturated rings. The van der Waals surface area contributed by atoms with Gasteiger partial charge in [0.1, 0.15) is 19.9 Å². The summed E-state index contributed by atoms with van der Waals surface area (Å²) in [7, 11) is 7.96. The highest BCUT2D eigenvalue weighted by atomic mass is 15.1. The second-order valence-corrected chi connectivity index (χ2v) is 7.93. The molecule has 0 unspecified atom stereocenters. The average Bonchev–Trinajstić information content (AvgIpc) is 3.43. The van der Waals surface area contributed by atoms with Crippen molar-refractivity contribution in [3.63, 3.8) is 0 Å². The van der Waals surface area contributed by atoms with Gasteiger partial charge in [-0.25, -0.2) is 14.5 Å². The number of nitrogen functional groups attached to an aromatic ring is 2. The third-order valence-electron chi connectivity index (χ3n) is 4.46. The van der Waals surface area contributed by atoms with Crippen molar-refractivity contribution in [3.8, 4) is 5.69 Å². The normalized spacial score (nSPS) is 10.0. The molecule has 0 atom stereocenters. The summed E-state index contributed by atoms with van der Waals surface area (Å²) in [6.45, 7) is 2.79. The number of H-pyrrole nitrogens is 1. The summed E-state index contributed by atoms with van der Waals surface area (Å²) >= 11 is 0. The number of benzene rings is 2. The summed E-state index contributed by atoms with van der Waals surface area (Å²) in [5, 5.41) is 0. The maximum absolute atomic E-state index is 5.95. The lowest BCUT2D eigenvalue weighted by atomic mass is 10.2. The van der Waals surface area contributed by atoms with Gasteiger partial charge >= 0.3 is 0 Å². The van der Waals surface area contributed by atoms with Crippen molar-refractivity contribution in [1.82, 2.24) is 24.4 Å². The van der Waals surface area contributed by atoms with Crippen molar-refractivity contribution in [1.29, 1.82) is 0 Å². The van der Waals surface area contributed by atoms with Gasteiger partial charge in [0, 0.05) is 30.5 Å². The molecular formula is C25H35N8+. The van der Waals surface area contributed by atoms with Crippen LogP contribution < -0.4 is 11.5 Å². The SMILES string of the molecule is CN(C)Cc1nccn1-c1ccccc1N.C[N+](C)=Cc1ncc[nH]1.Cc1ccccc1N. The Balaban J connectivity index is 0.000000192. The monoisotopic (exact) mass is 447 g/mol. The number of nitrogens with zero attached hydrogens (tertiary/aromatic N) is 5. The van der Waals surface area contributed by atoms with E-state index in [4.69, 9.17) is 11.5 Å². The van der Waals surface area contributed by atoms with Gasteiger partial charge in [-0.2, -0.15) is 0 Å². The van der Waals surface area contributed by atoms with Gasteiger partial charge in [-0.15, -0.1) is 0 Å². The molecular weight excluding hydrogens is 412 g/mol. The van der Waals surface area contributed by atoms with Crippen LogP contribution >= 0.6 is 0 Å². The van der Waals surface area contributed by atoms with Crippen molar-refractivity contribution >= 4 is 17.6 Å². The molecule has 5 N–H and O–H groups in total.